The molecule has 2 fully saturated rings. The lowest BCUT2D eigenvalue weighted by Gasteiger charge is -2.35. The van der Waals surface area contributed by atoms with Gasteiger partial charge in [-0.15, -0.1) is 0 Å². The number of hydrogen-bond acceptors (Lipinski definition) is 3. The molecule has 22 heavy (non-hydrogen) atoms. The Labute approximate surface area is 132 Å². The molecule has 4 nitrogen and oxygen atoms in total. The van der Waals surface area contributed by atoms with Gasteiger partial charge in [0.15, 0.2) is 0 Å². The van der Waals surface area contributed by atoms with Crippen LogP contribution in [0.15, 0.2) is 30.3 Å². The molecule has 1 N–H and O–H groups in total. The third kappa shape index (κ3) is 2.90. The highest BCUT2D eigenvalue weighted by Crippen LogP contribution is 2.39. The minimum absolute atomic E-state index is 0.184. The van der Waals surface area contributed by atoms with Gasteiger partial charge in [0.1, 0.15) is 0 Å². The number of hydrogen-bond donors (Lipinski definition) is 1. The Morgan fingerprint density at radius 1 is 1.27 bits per heavy atom. The molecule has 1 aromatic rings. The van der Waals surface area contributed by atoms with Gasteiger partial charge < -0.3 is 10.0 Å². The van der Waals surface area contributed by atoms with E-state index in [1.54, 1.807) is 6.92 Å². The summed E-state index contributed by atoms with van der Waals surface area (Å²) >= 11 is 0. The molecule has 3 atom stereocenters. The second kappa shape index (κ2) is 6.80. The van der Waals surface area contributed by atoms with Gasteiger partial charge in [-0.1, -0.05) is 36.8 Å². The molecular weight excluding hydrogens is 276 g/mol. The molecule has 0 aromatic heterocycles. The van der Waals surface area contributed by atoms with Crippen LogP contribution in [0.4, 0.5) is 0 Å². The zero-order valence-corrected chi connectivity index (χ0v) is 13.3. The Morgan fingerprint density at radius 2 is 2.05 bits per heavy atom. The summed E-state index contributed by atoms with van der Waals surface area (Å²) in [4.78, 5) is 16.7. The van der Waals surface area contributed by atoms with Crippen LogP contribution in [0, 0.1) is 0 Å². The summed E-state index contributed by atoms with van der Waals surface area (Å²) in [5, 5.41) is 9.40. The first kappa shape index (κ1) is 15.5. The fourth-order valence-corrected chi connectivity index (χ4v) is 4.30. The van der Waals surface area contributed by atoms with Crippen molar-refractivity contribution in [2.24, 2.45) is 0 Å². The number of likely N-dealkylation sites (tertiary alicyclic amines) is 2. The molecule has 0 aliphatic carbocycles. The van der Waals surface area contributed by atoms with Crippen molar-refractivity contribution in [3.05, 3.63) is 35.9 Å². The number of amides is 1. The fourth-order valence-electron chi connectivity index (χ4n) is 4.30. The largest absolute Gasteiger partial charge is 0.395 e. The summed E-state index contributed by atoms with van der Waals surface area (Å²) in [7, 11) is 0. The van der Waals surface area contributed by atoms with Crippen LogP contribution in [0.5, 0.6) is 0 Å². The van der Waals surface area contributed by atoms with Crippen LogP contribution >= 0.6 is 0 Å². The first-order valence-electron chi connectivity index (χ1n) is 8.39. The highest BCUT2D eigenvalue weighted by Gasteiger charge is 2.46. The molecule has 0 saturated carbocycles. The number of benzene rings is 1. The van der Waals surface area contributed by atoms with E-state index in [-0.39, 0.29) is 18.6 Å². The van der Waals surface area contributed by atoms with Crippen LogP contribution in [-0.2, 0) is 4.79 Å². The first-order valence-corrected chi connectivity index (χ1v) is 8.39. The van der Waals surface area contributed by atoms with Gasteiger partial charge >= 0.3 is 0 Å². The van der Waals surface area contributed by atoms with Gasteiger partial charge in [0.2, 0.25) is 5.91 Å². The molecular formula is C18H26N2O2. The number of rotatable bonds is 3. The van der Waals surface area contributed by atoms with Crippen molar-refractivity contribution in [1.29, 1.82) is 0 Å². The molecule has 4 heteroatoms. The van der Waals surface area contributed by atoms with Gasteiger partial charge in [-0.05, 0) is 18.4 Å². The van der Waals surface area contributed by atoms with Gasteiger partial charge in [-0.2, -0.15) is 0 Å². The molecule has 2 aliphatic heterocycles. The molecule has 120 valence electrons. The van der Waals surface area contributed by atoms with Crippen molar-refractivity contribution in [1.82, 2.24) is 9.80 Å². The summed E-state index contributed by atoms with van der Waals surface area (Å²) in [5.41, 5.74) is 1.31. The number of aliphatic hydroxyl groups excluding tert-OH is 1. The average molecular weight is 302 g/mol. The van der Waals surface area contributed by atoms with Crippen molar-refractivity contribution in [3.8, 4) is 0 Å². The Bertz CT molecular complexity index is 505. The van der Waals surface area contributed by atoms with E-state index in [0.29, 0.717) is 18.5 Å². The molecule has 0 spiro atoms. The Kier molecular flexibility index (Phi) is 4.79. The smallest absolute Gasteiger partial charge is 0.219 e. The van der Waals surface area contributed by atoms with Crippen LogP contribution in [0.25, 0.3) is 0 Å². The Morgan fingerprint density at radius 3 is 2.73 bits per heavy atom. The van der Waals surface area contributed by atoms with Crippen molar-refractivity contribution < 1.29 is 9.90 Å². The van der Waals surface area contributed by atoms with E-state index < -0.39 is 0 Å². The SMILES string of the molecule is CC(=O)N1CCCC[C@H]2[C@@H]1[C@H](c1ccccc1)CN2CCO. The fraction of sp³-hybridized carbons (Fsp3) is 0.611. The number of carbonyl (C=O) groups is 1. The minimum Gasteiger partial charge on any atom is -0.395 e. The highest BCUT2D eigenvalue weighted by molar-refractivity contribution is 5.74. The summed E-state index contributed by atoms with van der Waals surface area (Å²) in [6, 6.07) is 11.2. The number of aliphatic hydroxyl groups is 1. The van der Waals surface area contributed by atoms with E-state index in [4.69, 9.17) is 0 Å². The third-order valence-corrected chi connectivity index (χ3v) is 5.23. The van der Waals surface area contributed by atoms with E-state index in [9.17, 15) is 9.90 Å². The topological polar surface area (TPSA) is 43.8 Å². The third-order valence-electron chi connectivity index (χ3n) is 5.23. The van der Waals surface area contributed by atoms with Crippen molar-refractivity contribution in [2.75, 3.05) is 26.2 Å². The molecule has 3 rings (SSSR count). The maximum atomic E-state index is 12.2. The highest BCUT2D eigenvalue weighted by atomic mass is 16.3. The van der Waals surface area contributed by atoms with Crippen molar-refractivity contribution in [3.63, 3.8) is 0 Å². The summed E-state index contributed by atoms with van der Waals surface area (Å²) in [6.45, 7) is 4.39. The minimum atomic E-state index is 0.184. The van der Waals surface area contributed by atoms with Crippen LogP contribution in [-0.4, -0.2) is 59.1 Å². The standard InChI is InChI=1S/C18H26N2O2/c1-14(22)20-10-6-5-9-17-18(20)16(13-19(17)11-12-21)15-7-3-2-4-8-15/h2-4,7-8,16-18,21H,5-6,9-13H2,1H3/t16-,17-,18-/m0/s1. The number of nitrogens with zero attached hydrogens (tertiary/aromatic N) is 2. The summed E-state index contributed by atoms with van der Waals surface area (Å²) < 4.78 is 0. The van der Waals surface area contributed by atoms with Gasteiger partial charge in [-0.3, -0.25) is 9.69 Å². The van der Waals surface area contributed by atoms with Crippen molar-refractivity contribution >= 4 is 5.91 Å². The van der Waals surface area contributed by atoms with E-state index in [1.807, 2.05) is 6.07 Å². The lowest BCUT2D eigenvalue weighted by Crippen LogP contribution is -2.48. The monoisotopic (exact) mass is 302 g/mol. The molecule has 1 aromatic carbocycles. The predicted molar refractivity (Wildman–Crippen MR) is 86.7 cm³/mol. The van der Waals surface area contributed by atoms with Gasteiger partial charge in [-0.25, -0.2) is 0 Å². The normalized spacial score (nSPS) is 29.2. The summed E-state index contributed by atoms with van der Waals surface area (Å²) in [6.07, 6.45) is 3.37. The molecule has 2 saturated heterocycles. The van der Waals surface area contributed by atoms with Crippen LogP contribution < -0.4 is 0 Å². The number of fused-ring (bicyclic) bond motifs is 1. The van der Waals surface area contributed by atoms with E-state index in [1.165, 1.54) is 5.56 Å². The molecule has 2 heterocycles. The number of carbonyl (C=O) groups excluding carboxylic acids is 1. The van der Waals surface area contributed by atoms with Crippen molar-refractivity contribution in [2.45, 2.75) is 44.2 Å². The zero-order valence-electron chi connectivity index (χ0n) is 13.3. The van der Waals surface area contributed by atoms with Gasteiger partial charge in [0.25, 0.3) is 0 Å². The van der Waals surface area contributed by atoms with E-state index in [0.717, 1.165) is 32.4 Å². The lowest BCUT2D eigenvalue weighted by molar-refractivity contribution is -0.131. The molecule has 0 unspecified atom stereocenters. The molecule has 0 bridgehead atoms. The quantitative estimate of drug-likeness (QED) is 0.927. The lowest BCUT2D eigenvalue weighted by atomic mass is 9.89. The second-order valence-corrected chi connectivity index (χ2v) is 6.50. The maximum Gasteiger partial charge on any atom is 0.219 e. The molecule has 2 aliphatic rings. The van der Waals surface area contributed by atoms with E-state index in [2.05, 4.69) is 34.1 Å². The van der Waals surface area contributed by atoms with Gasteiger partial charge in [0.05, 0.1) is 12.6 Å². The Hall–Kier alpha value is -1.39. The number of β-amino-alcohol motifs (C(OH)–C–C–N with tert-alkyl or cyclic N) is 1. The zero-order chi connectivity index (χ0) is 15.5. The average Bonchev–Trinajstić information content (AvgIpc) is 2.73. The molecule has 1 amide bonds. The van der Waals surface area contributed by atoms with Gasteiger partial charge in [0, 0.05) is 38.5 Å². The maximum absolute atomic E-state index is 12.2. The first-order chi connectivity index (χ1) is 10.7. The van der Waals surface area contributed by atoms with Crippen LogP contribution in [0.1, 0.15) is 37.7 Å². The van der Waals surface area contributed by atoms with Crippen LogP contribution in [0.2, 0.25) is 0 Å². The molecule has 0 radical (unpaired) electrons. The van der Waals surface area contributed by atoms with Crippen LogP contribution in [0.3, 0.4) is 0 Å². The van der Waals surface area contributed by atoms with E-state index >= 15 is 0 Å². The second-order valence-electron chi connectivity index (χ2n) is 6.50. The Balaban J connectivity index is 1.95. The predicted octanol–water partition coefficient (Wildman–Crippen LogP) is 1.85. The summed E-state index contributed by atoms with van der Waals surface area (Å²) in [5.74, 6) is 0.531.